The molecule has 0 aliphatic carbocycles. The molecule has 4 aromatic carbocycles. The molecule has 25 heteroatoms. The number of carbonyl (C=O) groups excluding carboxylic acids is 2. The molecule has 2 atom stereocenters. The van der Waals surface area contributed by atoms with E-state index in [-0.39, 0.29) is 52.9 Å². The number of allylic oxidation sites excluding steroid dienone is 1. The smallest absolute Gasteiger partial charge is 0.416 e. The van der Waals surface area contributed by atoms with Crippen molar-refractivity contribution in [3.05, 3.63) is 202 Å². The second-order valence-corrected chi connectivity index (χ2v) is 16.2. The fraction of sp³-hybridized carbons (Fsp3) is 0.255. The number of nitrogens with one attached hydrogen (secondary N) is 3. The normalized spacial score (nSPS) is 13.2. The first-order valence-electron chi connectivity index (χ1n) is 21.8. The second kappa shape index (κ2) is 25.5. The van der Waals surface area contributed by atoms with Gasteiger partial charge in [0, 0.05) is 12.8 Å². The van der Waals surface area contributed by atoms with Gasteiger partial charge in [-0.1, -0.05) is 67.2 Å². The van der Waals surface area contributed by atoms with Crippen LogP contribution in [0.3, 0.4) is 0 Å². The zero-order chi connectivity index (χ0) is 56.7. The van der Waals surface area contributed by atoms with Gasteiger partial charge in [0.2, 0.25) is 0 Å². The first-order valence-corrected chi connectivity index (χ1v) is 21.8. The van der Waals surface area contributed by atoms with Crippen molar-refractivity contribution in [2.45, 2.75) is 55.5 Å². The lowest BCUT2D eigenvalue weighted by Gasteiger charge is -2.36. The van der Waals surface area contributed by atoms with Crippen LogP contribution in [0.25, 0.3) is 0 Å². The molecule has 2 unspecified atom stereocenters. The molecule has 0 saturated heterocycles. The fourth-order valence-electron chi connectivity index (χ4n) is 7.13. The molecule has 76 heavy (non-hydrogen) atoms. The van der Waals surface area contributed by atoms with Gasteiger partial charge in [-0.05, 0) is 89.8 Å². The van der Waals surface area contributed by atoms with E-state index < -0.39 is 83.8 Å². The summed E-state index contributed by atoms with van der Waals surface area (Å²) in [7, 11) is 2.78. The van der Waals surface area contributed by atoms with Crippen LogP contribution in [-0.2, 0) is 41.0 Å². The van der Waals surface area contributed by atoms with Crippen LogP contribution in [0.4, 0.5) is 71.1 Å². The first-order chi connectivity index (χ1) is 35.4. The SMILES string of the molecule is C=C(C)OC(=O)NC(Cc1ccccc1)(c1cc(F)cc(C(F)(F)F)c1)c1ccc(OC)cn1.COc1ccc(C(Cc2ccccc2)(NC(=O)NCC(F)(F)F)c2cc(F)cc(C(F)(F)F)c2)nc1.NCC(F)(F)F. The Balaban J connectivity index is 0.000000297. The monoisotopic (exact) mass is 1090 g/mol. The zero-order valence-electron chi connectivity index (χ0n) is 40.0. The van der Waals surface area contributed by atoms with Gasteiger partial charge in [0.1, 0.15) is 40.8 Å². The Hall–Kier alpha value is -7.96. The Morgan fingerprint density at radius 1 is 0.566 bits per heavy atom. The summed E-state index contributed by atoms with van der Waals surface area (Å²) in [5, 5.41) is 6.61. The average Bonchev–Trinajstić information content (AvgIpc) is 3.35. The maximum absolute atomic E-state index is 14.5. The molecular formula is C51H46F14N6O5. The topological polar surface area (TPSA) is 150 Å². The van der Waals surface area contributed by atoms with E-state index in [0.717, 1.165) is 18.2 Å². The molecule has 6 rings (SSSR count). The number of alkyl carbamates (subject to hydrolysis) is 1. The quantitative estimate of drug-likeness (QED) is 0.0622. The molecule has 0 fully saturated rings. The molecule has 0 aliphatic rings. The Morgan fingerprint density at radius 2 is 0.947 bits per heavy atom. The summed E-state index contributed by atoms with van der Waals surface area (Å²) in [6, 6.07) is 25.0. The van der Waals surface area contributed by atoms with Gasteiger partial charge in [-0.2, -0.15) is 52.7 Å². The minimum atomic E-state index is -4.94. The van der Waals surface area contributed by atoms with Crippen molar-refractivity contribution in [2.24, 2.45) is 5.73 Å². The summed E-state index contributed by atoms with van der Waals surface area (Å²) in [6.45, 7) is 2.02. The van der Waals surface area contributed by atoms with Gasteiger partial charge in [0.15, 0.2) is 0 Å². The molecule has 2 heterocycles. The number of ether oxygens (including phenoxy) is 3. The van der Waals surface area contributed by atoms with E-state index in [1.807, 2.05) is 0 Å². The number of hydrogen-bond donors (Lipinski definition) is 4. The lowest BCUT2D eigenvalue weighted by atomic mass is 9.79. The standard InChI is InChI=1S/C25H22F4N2O3.C24H20F7N3O2.C2H4F3N/c1-16(2)34-23(32)31-24(14-17-7-5-4-6-8-17,22-10-9-21(33-3)15-30-22)18-11-19(25(27,28)29)13-20(26)12-18;1-36-19-7-8-20(32-13-19)22(12-15-5-3-2-4-6-15,34-21(35)33-14-23(26,27)28)16-9-17(24(29,30)31)11-18(25)10-16;3-2(4,5)1-6/h4-13,15H,1,14H2,2-3H3,(H,31,32);2-11,13H,12,14H2,1H3,(H2,33,34,35);1,6H2. The Kier molecular flexibility index (Phi) is 20.3. The van der Waals surface area contributed by atoms with Crippen molar-refractivity contribution in [1.29, 1.82) is 0 Å². The summed E-state index contributed by atoms with van der Waals surface area (Å²) in [5.41, 5.74) is -1.45. The third-order valence-corrected chi connectivity index (χ3v) is 10.5. The lowest BCUT2D eigenvalue weighted by molar-refractivity contribution is -0.138. The van der Waals surface area contributed by atoms with Crippen molar-refractivity contribution in [1.82, 2.24) is 25.9 Å². The largest absolute Gasteiger partial charge is 0.495 e. The molecule has 11 nitrogen and oxygen atoms in total. The molecule has 0 aliphatic heterocycles. The van der Waals surface area contributed by atoms with Crippen LogP contribution in [-0.4, -0.2) is 61.8 Å². The van der Waals surface area contributed by atoms with Crippen molar-refractivity contribution in [2.75, 3.05) is 27.3 Å². The van der Waals surface area contributed by atoms with Crippen LogP contribution in [0.15, 0.2) is 146 Å². The Labute approximate surface area is 425 Å². The summed E-state index contributed by atoms with van der Waals surface area (Å²) < 4.78 is 196. The number of benzene rings is 4. The number of rotatable bonds is 14. The zero-order valence-corrected chi connectivity index (χ0v) is 40.0. The summed E-state index contributed by atoms with van der Waals surface area (Å²) in [5.74, 6) is -1.67. The minimum Gasteiger partial charge on any atom is -0.495 e. The van der Waals surface area contributed by atoms with E-state index in [4.69, 9.17) is 14.2 Å². The molecule has 2 aromatic heterocycles. The van der Waals surface area contributed by atoms with Gasteiger partial charge in [-0.25, -0.2) is 18.4 Å². The molecule has 0 spiro atoms. The van der Waals surface area contributed by atoms with Crippen LogP contribution in [0.5, 0.6) is 11.5 Å². The number of hydrogen-bond acceptors (Lipinski definition) is 8. The molecule has 0 radical (unpaired) electrons. The van der Waals surface area contributed by atoms with E-state index >= 15 is 0 Å². The van der Waals surface area contributed by atoms with Crippen molar-refractivity contribution < 1.29 is 85.3 Å². The number of pyridine rings is 2. The summed E-state index contributed by atoms with van der Waals surface area (Å²) >= 11 is 0. The number of urea groups is 1. The van der Waals surface area contributed by atoms with Gasteiger partial charge >= 0.3 is 36.8 Å². The number of halogens is 14. The lowest BCUT2D eigenvalue weighted by Crippen LogP contribution is -2.53. The van der Waals surface area contributed by atoms with E-state index in [1.165, 1.54) is 57.8 Å². The number of amides is 3. The van der Waals surface area contributed by atoms with Crippen LogP contribution >= 0.6 is 0 Å². The van der Waals surface area contributed by atoms with Crippen LogP contribution in [0.2, 0.25) is 0 Å². The fourth-order valence-corrected chi connectivity index (χ4v) is 7.13. The minimum absolute atomic E-state index is 0.0563. The van der Waals surface area contributed by atoms with Gasteiger partial charge in [0.25, 0.3) is 0 Å². The van der Waals surface area contributed by atoms with Crippen molar-refractivity contribution in [3.63, 3.8) is 0 Å². The van der Waals surface area contributed by atoms with E-state index in [0.29, 0.717) is 29.0 Å². The average molecular weight is 1090 g/mol. The summed E-state index contributed by atoms with van der Waals surface area (Å²) in [6.07, 6.45) is -17.4. The van der Waals surface area contributed by atoms with Crippen LogP contribution in [0, 0.1) is 11.6 Å². The third kappa shape index (κ3) is 17.9. The van der Waals surface area contributed by atoms with E-state index in [2.05, 4.69) is 32.9 Å². The van der Waals surface area contributed by atoms with E-state index in [9.17, 15) is 71.1 Å². The highest BCUT2D eigenvalue weighted by Gasteiger charge is 2.43. The highest BCUT2D eigenvalue weighted by molar-refractivity contribution is 5.76. The predicted octanol–water partition coefficient (Wildman–Crippen LogP) is 12.1. The number of nitrogens with zero attached hydrogens (tertiary/aromatic N) is 2. The second-order valence-electron chi connectivity index (χ2n) is 16.2. The molecule has 408 valence electrons. The molecule has 0 bridgehead atoms. The number of aromatic nitrogens is 2. The molecular weight excluding hydrogens is 1040 g/mol. The maximum Gasteiger partial charge on any atom is 0.416 e. The number of nitrogens with two attached hydrogens (primary N) is 1. The van der Waals surface area contributed by atoms with Crippen LogP contribution in [0.1, 0.15) is 51.7 Å². The Bertz CT molecular complexity index is 2850. The Morgan fingerprint density at radius 3 is 1.26 bits per heavy atom. The number of carbonyl (C=O) groups is 2. The first kappa shape index (κ1) is 60.6. The highest BCUT2D eigenvalue weighted by atomic mass is 19.4. The number of alkyl halides is 12. The van der Waals surface area contributed by atoms with E-state index in [1.54, 1.807) is 66.0 Å². The molecule has 6 aromatic rings. The highest BCUT2D eigenvalue weighted by Crippen LogP contribution is 2.40. The van der Waals surface area contributed by atoms with Crippen molar-refractivity contribution >= 4 is 12.1 Å². The molecule has 0 saturated carbocycles. The van der Waals surface area contributed by atoms with Gasteiger partial charge in [0.05, 0.1) is 61.4 Å². The maximum atomic E-state index is 14.5. The number of methoxy groups -OCH3 is 2. The predicted molar refractivity (Wildman–Crippen MR) is 248 cm³/mol. The molecule has 5 N–H and O–H groups in total. The van der Waals surface area contributed by atoms with Gasteiger partial charge in [-0.3, -0.25) is 9.97 Å². The van der Waals surface area contributed by atoms with Gasteiger partial charge in [-0.15, -0.1) is 0 Å². The van der Waals surface area contributed by atoms with Crippen LogP contribution < -0.4 is 31.2 Å². The van der Waals surface area contributed by atoms with Crippen molar-refractivity contribution in [3.8, 4) is 11.5 Å². The summed E-state index contributed by atoms with van der Waals surface area (Å²) in [4.78, 5) is 33.9. The van der Waals surface area contributed by atoms with Gasteiger partial charge < -0.3 is 35.9 Å². The molecule has 3 amide bonds. The third-order valence-electron chi connectivity index (χ3n) is 10.5.